The van der Waals surface area contributed by atoms with Crippen LogP contribution in [0.3, 0.4) is 0 Å². The Bertz CT molecular complexity index is 809. The smallest absolute Gasteiger partial charge is 0.243 e. The normalized spacial score (nSPS) is 11.7. The van der Waals surface area contributed by atoms with E-state index < -0.39 is 10.0 Å². The quantitative estimate of drug-likeness (QED) is 0.777. The molecule has 2 rings (SSSR count). The summed E-state index contributed by atoms with van der Waals surface area (Å²) in [6.07, 6.45) is 2.59. The molecular weight excluding hydrogens is 340 g/mol. The van der Waals surface area contributed by atoms with E-state index in [-0.39, 0.29) is 10.8 Å². The molecule has 0 saturated heterocycles. The van der Waals surface area contributed by atoms with E-state index in [0.29, 0.717) is 31.7 Å². The number of nitrogens with zero attached hydrogens (tertiary/aromatic N) is 3. The van der Waals surface area contributed by atoms with Gasteiger partial charge in [0.05, 0.1) is 4.90 Å². The van der Waals surface area contributed by atoms with E-state index in [9.17, 15) is 13.2 Å². The van der Waals surface area contributed by atoms with Crippen LogP contribution in [0.2, 0.25) is 0 Å². The summed E-state index contributed by atoms with van der Waals surface area (Å²) in [4.78, 5) is 12.2. The van der Waals surface area contributed by atoms with Gasteiger partial charge in [0.2, 0.25) is 15.9 Å². The third kappa shape index (κ3) is 4.90. The highest BCUT2D eigenvalue weighted by Crippen LogP contribution is 2.17. The molecule has 7 nitrogen and oxygen atoms in total. The highest BCUT2D eigenvalue weighted by molar-refractivity contribution is 7.89. The molecular formula is C17H24N4O3S. The van der Waals surface area contributed by atoms with Crippen molar-refractivity contribution in [3.63, 3.8) is 0 Å². The minimum atomic E-state index is -3.44. The monoisotopic (exact) mass is 364 g/mol. The lowest BCUT2D eigenvalue weighted by molar-refractivity contribution is -0.116. The molecule has 0 atom stereocenters. The maximum absolute atomic E-state index is 12.4. The van der Waals surface area contributed by atoms with Crippen LogP contribution in [-0.4, -0.2) is 41.5 Å². The number of aryl methyl sites for hydroxylation is 2. The number of hydrogen-bond donors (Lipinski definition) is 1. The number of carbonyl (C=O) groups is 1. The van der Waals surface area contributed by atoms with E-state index in [1.807, 2.05) is 13.8 Å². The van der Waals surface area contributed by atoms with Crippen molar-refractivity contribution in [3.05, 3.63) is 42.1 Å². The summed E-state index contributed by atoms with van der Waals surface area (Å²) in [5.41, 5.74) is 0.912. The average molecular weight is 364 g/mol. The third-order valence-corrected chi connectivity index (χ3v) is 5.95. The van der Waals surface area contributed by atoms with Gasteiger partial charge in [-0.3, -0.25) is 9.48 Å². The van der Waals surface area contributed by atoms with Gasteiger partial charge in [-0.25, -0.2) is 8.42 Å². The number of sulfonamides is 1. The van der Waals surface area contributed by atoms with Crippen molar-refractivity contribution in [1.82, 2.24) is 14.1 Å². The summed E-state index contributed by atoms with van der Waals surface area (Å²) in [5.74, 6) is 0.395. The highest BCUT2D eigenvalue weighted by Gasteiger charge is 2.21. The Hall–Kier alpha value is -2.19. The summed E-state index contributed by atoms with van der Waals surface area (Å²) in [6, 6.07) is 8.43. The number of benzene rings is 1. The van der Waals surface area contributed by atoms with E-state index in [1.165, 1.54) is 4.31 Å². The predicted octanol–water partition coefficient (Wildman–Crippen LogP) is 2.02. The van der Waals surface area contributed by atoms with Crippen molar-refractivity contribution in [1.29, 1.82) is 0 Å². The number of rotatable bonds is 8. The molecule has 1 aromatic carbocycles. The molecule has 136 valence electrons. The molecule has 0 unspecified atom stereocenters. The Balaban J connectivity index is 1.95. The van der Waals surface area contributed by atoms with Gasteiger partial charge in [0.25, 0.3) is 0 Å². The molecule has 0 radical (unpaired) electrons. The van der Waals surface area contributed by atoms with Gasteiger partial charge in [0, 0.05) is 38.8 Å². The topological polar surface area (TPSA) is 84.3 Å². The third-order valence-electron chi connectivity index (χ3n) is 3.89. The summed E-state index contributed by atoms with van der Waals surface area (Å²) < 4.78 is 27.9. The SMILES string of the molecule is CCN(CC)S(=O)(=O)c1ccc(CCC(=O)Nc2ccn(C)n2)cc1. The second kappa shape index (κ2) is 8.26. The zero-order valence-corrected chi connectivity index (χ0v) is 15.6. The molecule has 0 fully saturated rings. The molecule has 0 saturated carbocycles. The first kappa shape index (κ1) is 19.1. The highest BCUT2D eigenvalue weighted by atomic mass is 32.2. The summed E-state index contributed by atoms with van der Waals surface area (Å²) in [7, 11) is -1.66. The predicted molar refractivity (Wildman–Crippen MR) is 96.7 cm³/mol. The minimum Gasteiger partial charge on any atom is -0.309 e. The van der Waals surface area contributed by atoms with Crippen molar-refractivity contribution >= 4 is 21.7 Å². The van der Waals surface area contributed by atoms with E-state index in [0.717, 1.165) is 5.56 Å². The molecule has 1 aromatic heterocycles. The van der Waals surface area contributed by atoms with Crippen molar-refractivity contribution in [2.75, 3.05) is 18.4 Å². The Morgan fingerprint density at radius 1 is 1.16 bits per heavy atom. The van der Waals surface area contributed by atoms with Crippen molar-refractivity contribution in [2.24, 2.45) is 7.05 Å². The van der Waals surface area contributed by atoms with Crippen molar-refractivity contribution < 1.29 is 13.2 Å². The number of carbonyl (C=O) groups excluding carboxylic acids is 1. The van der Waals surface area contributed by atoms with E-state index >= 15 is 0 Å². The van der Waals surface area contributed by atoms with Crippen molar-refractivity contribution in [3.8, 4) is 0 Å². The molecule has 0 aliphatic heterocycles. The molecule has 25 heavy (non-hydrogen) atoms. The molecule has 1 heterocycles. The van der Waals surface area contributed by atoms with Gasteiger partial charge >= 0.3 is 0 Å². The van der Waals surface area contributed by atoms with Crippen LogP contribution in [0.1, 0.15) is 25.8 Å². The summed E-state index contributed by atoms with van der Waals surface area (Å²) in [5, 5.41) is 6.82. The number of hydrogen-bond acceptors (Lipinski definition) is 4. The molecule has 8 heteroatoms. The van der Waals surface area contributed by atoms with Gasteiger partial charge in [0.15, 0.2) is 5.82 Å². The van der Waals surface area contributed by atoms with Crippen LogP contribution >= 0.6 is 0 Å². The summed E-state index contributed by atoms with van der Waals surface area (Å²) >= 11 is 0. The van der Waals surface area contributed by atoms with Gasteiger partial charge < -0.3 is 5.32 Å². The number of anilines is 1. The van der Waals surface area contributed by atoms with Crippen LogP contribution in [0.25, 0.3) is 0 Å². The fourth-order valence-electron chi connectivity index (χ4n) is 2.49. The Morgan fingerprint density at radius 2 is 1.80 bits per heavy atom. The van der Waals surface area contributed by atoms with Gasteiger partial charge in [0.1, 0.15) is 0 Å². The van der Waals surface area contributed by atoms with Gasteiger partial charge in [-0.1, -0.05) is 26.0 Å². The van der Waals surface area contributed by atoms with Crippen LogP contribution in [0.5, 0.6) is 0 Å². The Labute approximate surface area is 148 Å². The standard InChI is InChI=1S/C17H24N4O3S/c1-4-21(5-2)25(23,24)15-9-6-14(7-10-15)8-11-17(22)18-16-12-13-20(3)19-16/h6-7,9-10,12-13H,4-5,8,11H2,1-3H3,(H,18,19,22). The van der Waals surface area contributed by atoms with E-state index in [4.69, 9.17) is 0 Å². The zero-order valence-electron chi connectivity index (χ0n) is 14.8. The second-order valence-electron chi connectivity index (χ2n) is 5.66. The van der Waals surface area contributed by atoms with Gasteiger partial charge in [-0.15, -0.1) is 0 Å². The van der Waals surface area contributed by atoms with Crippen LogP contribution in [0.4, 0.5) is 5.82 Å². The lowest BCUT2D eigenvalue weighted by atomic mass is 10.1. The summed E-state index contributed by atoms with van der Waals surface area (Å²) in [6.45, 7) is 4.51. The Kier molecular flexibility index (Phi) is 6.33. The number of amides is 1. The first-order valence-electron chi connectivity index (χ1n) is 8.25. The van der Waals surface area contributed by atoms with Gasteiger partial charge in [-0.2, -0.15) is 9.40 Å². The van der Waals surface area contributed by atoms with Crippen LogP contribution < -0.4 is 5.32 Å². The fraction of sp³-hybridized carbons (Fsp3) is 0.412. The lowest BCUT2D eigenvalue weighted by Gasteiger charge is -2.18. The minimum absolute atomic E-state index is 0.126. The number of nitrogens with one attached hydrogen (secondary N) is 1. The molecule has 0 bridgehead atoms. The van der Waals surface area contributed by atoms with E-state index in [1.54, 1.807) is 48.3 Å². The largest absolute Gasteiger partial charge is 0.309 e. The first-order valence-corrected chi connectivity index (χ1v) is 9.69. The molecule has 0 aliphatic carbocycles. The molecule has 2 aromatic rings. The van der Waals surface area contributed by atoms with Crippen LogP contribution in [-0.2, 0) is 28.3 Å². The maximum atomic E-state index is 12.4. The maximum Gasteiger partial charge on any atom is 0.243 e. The van der Waals surface area contributed by atoms with Crippen LogP contribution in [0, 0.1) is 0 Å². The van der Waals surface area contributed by atoms with E-state index in [2.05, 4.69) is 10.4 Å². The lowest BCUT2D eigenvalue weighted by Crippen LogP contribution is -2.30. The second-order valence-corrected chi connectivity index (χ2v) is 7.59. The fourth-order valence-corrected chi connectivity index (χ4v) is 3.94. The Morgan fingerprint density at radius 3 is 2.32 bits per heavy atom. The average Bonchev–Trinajstić information content (AvgIpc) is 2.99. The number of aromatic nitrogens is 2. The molecule has 0 spiro atoms. The first-order chi connectivity index (χ1) is 11.9. The molecule has 1 N–H and O–H groups in total. The van der Waals surface area contributed by atoms with Crippen molar-refractivity contribution in [2.45, 2.75) is 31.6 Å². The van der Waals surface area contributed by atoms with Gasteiger partial charge in [-0.05, 0) is 24.1 Å². The van der Waals surface area contributed by atoms with Crippen LogP contribution in [0.15, 0.2) is 41.4 Å². The molecule has 0 aliphatic rings. The molecule has 1 amide bonds. The zero-order chi connectivity index (χ0) is 18.4.